The van der Waals surface area contributed by atoms with E-state index in [0.29, 0.717) is 24.6 Å². The minimum Gasteiger partial charge on any atom is -0.491 e. The Hall–Kier alpha value is -2.08. The summed E-state index contributed by atoms with van der Waals surface area (Å²) in [5.74, 6) is -0.239. The van der Waals surface area contributed by atoms with Crippen molar-refractivity contribution in [3.63, 3.8) is 0 Å². The molecule has 0 radical (unpaired) electrons. The highest BCUT2D eigenvalue weighted by molar-refractivity contribution is 5.94. The first-order valence-corrected chi connectivity index (χ1v) is 7.16. The monoisotopic (exact) mass is 290 g/mol. The van der Waals surface area contributed by atoms with Crippen LogP contribution in [0.4, 0.5) is 5.69 Å². The molecule has 6 heteroatoms. The Bertz CT molecular complexity index is 569. The van der Waals surface area contributed by atoms with Crippen LogP contribution in [0.25, 0.3) is 0 Å². The quantitative estimate of drug-likeness (QED) is 0.731. The molecule has 6 nitrogen and oxygen atoms in total. The third-order valence-electron chi connectivity index (χ3n) is 3.70. The second-order valence-electron chi connectivity index (χ2n) is 5.51. The molecule has 1 atom stereocenters. The molecule has 0 spiro atoms. The van der Waals surface area contributed by atoms with Crippen LogP contribution in [0.1, 0.15) is 24.8 Å². The van der Waals surface area contributed by atoms with Crippen molar-refractivity contribution in [3.8, 4) is 5.75 Å². The molecule has 0 saturated heterocycles. The smallest absolute Gasteiger partial charge is 0.324 e. The third kappa shape index (κ3) is 3.52. The van der Waals surface area contributed by atoms with Crippen molar-refractivity contribution in [2.24, 2.45) is 0 Å². The van der Waals surface area contributed by atoms with Crippen LogP contribution in [0.3, 0.4) is 0 Å². The summed E-state index contributed by atoms with van der Waals surface area (Å²) < 4.78 is 5.59. The van der Waals surface area contributed by atoms with Crippen molar-refractivity contribution in [1.29, 1.82) is 0 Å². The molecule has 1 aromatic rings. The average molecular weight is 290 g/mol. The van der Waals surface area contributed by atoms with Crippen LogP contribution in [-0.2, 0) is 16.0 Å². The second kappa shape index (κ2) is 5.73. The van der Waals surface area contributed by atoms with Gasteiger partial charge in [0.2, 0.25) is 5.91 Å². The van der Waals surface area contributed by atoms with Crippen molar-refractivity contribution in [1.82, 2.24) is 5.32 Å². The maximum atomic E-state index is 11.3. The van der Waals surface area contributed by atoms with Gasteiger partial charge in [0.1, 0.15) is 18.4 Å². The fourth-order valence-electron chi connectivity index (χ4n) is 2.35. The zero-order valence-electron chi connectivity index (χ0n) is 11.6. The van der Waals surface area contributed by atoms with Crippen LogP contribution in [0.2, 0.25) is 0 Å². The molecular weight excluding hydrogens is 272 g/mol. The minimum atomic E-state index is -0.896. The van der Waals surface area contributed by atoms with Crippen LogP contribution in [-0.4, -0.2) is 35.7 Å². The molecule has 3 rings (SSSR count). The predicted octanol–water partition coefficient (Wildman–Crippen LogP) is 1.16. The molecule has 1 aliphatic carbocycles. The zero-order valence-corrected chi connectivity index (χ0v) is 11.6. The number of rotatable bonds is 6. The maximum absolute atomic E-state index is 11.3. The lowest BCUT2D eigenvalue weighted by Crippen LogP contribution is -2.42. The Kier molecular flexibility index (Phi) is 3.79. The van der Waals surface area contributed by atoms with E-state index in [9.17, 15) is 9.59 Å². The number of carbonyl (C=O) groups is 2. The Labute approximate surface area is 122 Å². The molecule has 1 amide bonds. The predicted molar refractivity (Wildman–Crippen MR) is 76.5 cm³/mol. The summed E-state index contributed by atoms with van der Waals surface area (Å²) in [6, 6.07) is 5.04. The average Bonchev–Trinajstić information content (AvgIpc) is 3.27. The lowest BCUT2D eigenvalue weighted by atomic mass is 10.0. The summed E-state index contributed by atoms with van der Waals surface area (Å²) in [4.78, 5) is 22.5. The fraction of sp³-hybridized carbons (Fsp3) is 0.467. The van der Waals surface area contributed by atoms with Gasteiger partial charge in [0.15, 0.2) is 0 Å². The van der Waals surface area contributed by atoms with Crippen molar-refractivity contribution in [2.45, 2.75) is 37.8 Å². The van der Waals surface area contributed by atoms with Crippen LogP contribution in [0.5, 0.6) is 5.75 Å². The Morgan fingerprint density at radius 2 is 2.24 bits per heavy atom. The number of aliphatic carboxylic acids is 1. The molecule has 1 saturated carbocycles. The van der Waals surface area contributed by atoms with Gasteiger partial charge in [-0.2, -0.15) is 0 Å². The van der Waals surface area contributed by atoms with Gasteiger partial charge in [-0.3, -0.25) is 14.9 Å². The number of amides is 1. The van der Waals surface area contributed by atoms with E-state index < -0.39 is 12.0 Å². The summed E-state index contributed by atoms with van der Waals surface area (Å²) in [6.07, 6.45) is 3.21. The largest absolute Gasteiger partial charge is 0.491 e. The van der Waals surface area contributed by atoms with Crippen molar-refractivity contribution in [2.75, 3.05) is 11.9 Å². The van der Waals surface area contributed by atoms with Gasteiger partial charge in [0.05, 0.1) is 0 Å². The summed E-state index contributed by atoms with van der Waals surface area (Å²) in [7, 11) is 0. The molecule has 1 fully saturated rings. The number of carboxylic acids is 1. The molecule has 0 aromatic heterocycles. The van der Waals surface area contributed by atoms with Gasteiger partial charge in [0.25, 0.3) is 0 Å². The van der Waals surface area contributed by atoms with E-state index >= 15 is 0 Å². The Morgan fingerprint density at radius 1 is 1.43 bits per heavy atom. The van der Waals surface area contributed by atoms with Crippen molar-refractivity contribution >= 4 is 17.6 Å². The summed E-state index contributed by atoms with van der Waals surface area (Å²) >= 11 is 0. The highest BCUT2D eigenvalue weighted by Gasteiger charge is 2.28. The van der Waals surface area contributed by atoms with Gasteiger partial charge in [-0.05, 0) is 43.0 Å². The Morgan fingerprint density at radius 3 is 2.95 bits per heavy atom. The third-order valence-corrected chi connectivity index (χ3v) is 3.70. The van der Waals surface area contributed by atoms with Gasteiger partial charge >= 0.3 is 5.97 Å². The summed E-state index contributed by atoms with van der Waals surface area (Å²) in [5, 5.41) is 15.0. The number of fused-ring (bicyclic) bond motifs is 1. The number of benzene rings is 1. The van der Waals surface area contributed by atoms with E-state index in [2.05, 4.69) is 10.6 Å². The zero-order chi connectivity index (χ0) is 14.8. The van der Waals surface area contributed by atoms with E-state index in [-0.39, 0.29) is 12.5 Å². The highest BCUT2D eigenvalue weighted by Crippen LogP contribution is 2.27. The van der Waals surface area contributed by atoms with Gasteiger partial charge in [-0.25, -0.2) is 0 Å². The number of carboxylic acid groups (broad SMARTS) is 1. The lowest BCUT2D eigenvalue weighted by Gasteiger charge is -2.19. The summed E-state index contributed by atoms with van der Waals surface area (Å²) in [6.45, 7) is 0.0942. The molecule has 1 aliphatic heterocycles. The first-order valence-electron chi connectivity index (χ1n) is 7.16. The maximum Gasteiger partial charge on any atom is 0.324 e. The van der Waals surface area contributed by atoms with Crippen LogP contribution in [0, 0.1) is 0 Å². The molecule has 1 unspecified atom stereocenters. The second-order valence-corrected chi connectivity index (χ2v) is 5.51. The van der Waals surface area contributed by atoms with E-state index in [0.717, 1.165) is 24.1 Å². The normalized spacial score (nSPS) is 18.6. The topological polar surface area (TPSA) is 87.7 Å². The van der Waals surface area contributed by atoms with E-state index in [1.807, 2.05) is 6.07 Å². The first-order chi connectivity index (χ1) is 10.1. The summed E-state index contributed by atoms with van der Waals surface area (Å²) in [5.41, 5.74) is 1.83. The van der Waals surface area contributed by atoms with Gasteiger partial charge in [-0.15, -0.1) is 0 Å². The van der Waals surface area contributed by atoms with Crippen LogP contribution < -0.4 is 15.4 Å². The fourth-order valence-corrected chi connectivity index (χ4v) is 2.35. The number of hydrogen-bond acceptors (Lipinski definition) is 4. The van der Waals surface area contributed by atoms with E-state index in [1.165, 1.54) is 0 Å². The van der Waals surface area contributed by atoms with Crippen molar-refractivity contribution in [3.05, 3.63) is 23.8 Å². The van der Waals surface area contributed by atoms with Crippen molar-refractivity contribution < 1.29 is 19.4 Å². The molecule has 112 valence electrons. The van der Waals surface area contributed by atoms with Crippen LogP contribution in [0.15, 0.2) is 18.2 Å². The molecule has 1 heterocycles. The number of anilines is 1. The number of carbonyl (C=O) groups excluding carboxylic acids is 1. The van der Waals surface area contributed by atoms with E-state index in [1.54, 1.807) is 12.1 Å². The standard InChI is InChI=1S/C15H18N2O4/c18-14-6-1-9-7-11(4-5-12(9)17-14)21-8-13(15(19)20)16-10-2-3-10/h4-5,7,10,13,16H,1-3,6,8H2,(H,17,18)(H,19,20). The minimum absolute atomic E-state index is 0.0238. The molecule has 21 heavy (non-hydrogen) atoms. The number of nitrogens with one attached hydrogen (secondary N) is 2. The highest BCUT2D eigenvalue weighted by atomic mass is 16.5. The van der Waals surface area contributed by atoms with Gasteiger partial charge in [-0.1, -0.05) is 0 Å². The Balaban J connectivity index is 1.61. The molecule has 1 aromatic carbocycles. The van der Waals surface area contributed by atoms with Gasteiger partial charge < -0.3 is 15.2 Å². The number of ether oxygens (including phenoxy) is 1. The molecular formula is C15H18N2O4. The van der Waals surface area contributed by atoms with Gasteiger partial charge in [0, 0.05) is 18.2 Å². The SMILES string of the molecule is O=C1CCc2cc(OCC(NC3CC3)C(=O)O)ccc2N1. The number of aryl methyl sites for hydroxylation is 1. The lowest BCUT2D eigenvalue weighted by molar-refractivity contribution is -0.140. The van der Waals surface area contributed by atoms with E-state index in [4.69, 9.17) is 9.84 Å². The molecule has 0 bridgehead atoms. The number of hydrogen-bond donors (Lipinski definition) is 3. The van der Waals surface area contributed by atoms with Crippen LogP contribution >= 0.6 is 0 Å². The molecule has 2 aliphatic rings. The first kappa shape index (κ1) is 13.9. The molecule has 3 N–H and O–H groups in total.